The van der Waals surface area contributed by atoms with E-state index in [9.17, 15) is 43.8 Å². The third-order valence-electron chi connectivity index (χ3n) is 6.28. The van der Waals surface area contributed by atoms with Crippen molar-refractivity contribution in [2.24, 2.45) is 39.8 Å². The van der Waals surface area contributed by atoms with Crippen molar-refractivity contribution < 1.29 is 54.0 Å². The van der Waals surface area contributed by atoms with Gasteiger partial charge in [0.05, 0.1) is 30.8 Å². The average molecular weight is 563 g/mol. The van der Waals surface area contributed by atoms with E-state index in [1.165, 1.54) is 0 Å². The van der Waals surface area contributed by atoms with Crippen molar-refractivity contribution in [3.05, 3.63) is 0 Å². The topological polar surface area (TPSA) is 357 Å². The van der Waals surface area contributed by atoms with Gasteiger partial charge in [0.15, 0.2) is 28.5 Å². The third kappa shape index (κ3) is 7.91. The molecule has 0 aromatic rings. The fourth-order valence-electron chi connectivity index (χ4n) is 4.07. The van der Waals surface area contributed by atoms with Crippen LogP contribution in [0.15, 0.2) is 0 Å². The number of rotatable bonds is 21. The molecule has 0 bridgehead atoms. The number of aliphatic hydroxyl groups is 1. The van der Waals surface area contributed by atoms with Crippen molar-refractivity contribution in [1.82, 2.24) is 0 Å². The summed E-state index contributed by atoms with van der Waals surface area (Å²) in [4.78, 5) is 89.8. The molecule has 16 N–H and O–H groups in total. The first-order valence-corrected chi connectivity index (χ1v) is 11.9. The monoisotopic (exact) mass is 562 g/mol. The summed E-state index contributed by atoms with van der Waals surface area (Å²) >= 11 is 0. The first-order valence-electron chi connectivity index (χ1n) is 11.9. The van der Waals surface area contributed by atoms with Crippen molar-refractivity contribution in [3.8, 4) is 0 Å². The van der Waals surface area contributed by atoms with E-state index in [-0.39, 0.29) is 19.4 Å². The fourth-order valence-corrected chi connectivity index (χ4v) is 4.07. The number of unbranched alkanes of at least 4 members (excludes halogenated alkanes) is 1. The number of carbonyl (C=O) groups is 7. The van der Waals surface area contributed by atoms with Crippen LogP contribution in [-0.2, 0) is 33.6 Å². The van der Waals surface area contributed by atoms with E-state index in [4.69, 9.17) is 44.6 Å². The molecule has 0 saturated carbocycles. The van der Waals surface area contributed by atoms with E-state index in [2.05, 4.69) is 0 Å². The lowest BCUT2D eigenvalue weighted by Crippen LogP contribution is -2.80. The van der Waals surface area contributed by atoms with Crippen LogP contribution in [0.5, 0.6) is 0 Å². The summed E-state index contributed by atoms with van der Waals surface area (Å²) < 4.78 is 0. The van der Waals surface area contributed by atoms with Crippen LogP contribution in [0.25, 0.3) is 0 Å². The van der Waals surface area contributed by atoms with Crippen molar-refractivity contribution in [2.45, 2.75) is 74.7 Å². The average Bonchev–Trinajstić information content (AvgIpc) is 2.88. The minimum Gasteiger partial charge on any atom is -0.481 e. The lowest BCUT2D eigenvalue weighted by atomic mass is 9.55. The maximum atomic E-state index is 14.0. The largest absolute Gasteiger partial charge is 0.481 e. The summed E-state index contributed by atoms with van der Waals surface area (Å²) in [5, 5.41) is 37.6. The summed E-state index contributed by atoms with van der Waals surface area (Å²) in [5.41, 5.74) is 26.9. The van der Waals surface area contributed by atoms with E-state index in [0.29, 0.717) is 6.42 Å². The molecule has 0 aromatic carbocycles. The minimum absolute atomic E-state index is 0.146. The highest BCUT2D eigenvalue weighted by Crippen LogP contribution is 2.40. The SMILES string of the molecule is NCCCCC(N)C(=O)C(C(=O)C(N)CCC(=O)O)(C(=O)C(N)CCC(=O)O)C(N)(C(=O)O)C(=O)C(N)CO. The van der Waals surface area contributed by atoms with Gasteiger partial charge in [0.1, 0.15) is 0 Å². The zero-order valence-electron chi connectivity index (χ0n) is 21.3. The van der Waals surface area contributed by atoms with E-state index in [1.807, 2.05) is 0 Å². The predicted molar refractivity (Wildman–Crippen MR) is 133 cm³/mol. The van der Waals surface area contributed by atoms with Crippen LogP contribution in [0.1, 0.15) is 44.9 Å². The molecule has 0 spiro atoms. The maximum absolute atomic E-state index is 14.0. The predicted octanol–water partition coefficient (Wildman–Crippen LogP) is -4.81. The van der Waals surface area contributed by atoms with Gasteiger partial charge in [-0.3, -0.25) is 28.8 Å². The zero-order chi connectivity index (χ0) is 30.7. The Bertz CT molecular complexity index is 923. The first-order chi connectivity index (χ1) is 18.0. The van der Waals surface area contributed by atoms with Gasteiger partial charge in [-0.2, -0.15) is 0 Å². The quantitative estimate of drug-likeness (QED) is 0.0463. The molecule has 0 amide bonds. The Labute approximate surface area is 223 Å². The van der Waals surface area contributed by atoms with Crippen LogP contribution >= 0.6 is 0 Å². The fraction of sp³-hybridized carbons (Fsp3) is 0.682. The number of nitrogens with two attached hydrogens (primary N) is 6. The summed E-state index contributed by atoms with van der Waals surface area (Å²) in [6, 6.07) is -8.06. The van der Waals surface area contributed by atoms with E-state index < -0.39 is 108 Å². The molecule has 17 nitrogen and oxygen atoms in total. The molecule has 0 fully saturated rings. The lowest BCUT2D eigenvalue weighted by Gasteiger charge is -2.44. The second kappa shape index (κ2) is 15.4. The van der Waals surface area contributed by atoms with E-state index >= 15 is 0 Å². The standard InChI is InChI=1S/C22H38N6O11/c23-8-2-1-3-10(24)16(34)21(17(35)11(25)4-6-14(30)31,18(36)12(26)5-7-15(32)33)22(28,20(38)39)19(37)13(27)9-29/h10-13,29H,1-9,23-28H2,(H,30,31)(H,32,33)(H,38,39). The summed E-state index contributed by atoms with van der Waals surface area (Å²) in [6.07, 6.45) is -2.86. The van der Waals surface area contributed by atoms with E-state index in [1.54, 1.807) is 0 Å². The molecule has 5 unspecified atom stereocenters. The number of aliphatic carboxylic acids is 3. The second-order valence-corrected chi connectivity index (χ2v) is 9.08. The Morgan fingerprint density at radius 1 is 0.615 bits per heavy atom. The Morgan fingerprint density at radius 2 is 1.00 bits per heavy atom. The van der Waals surface area contributed by atoms with Gasteiger partial charge < -0.3 is 54.8 Å². The summed E-state index contributed by atoms with van der Waals surface area (Å²) in [7, 11) is 0. The van der Waals surface area contributed by atoms with Crippen molar-refractivity contribution >= 4 is 41.0 Å². The van der Waals surface area contributed by atoms with Crippen molar-refractivity contribution in [3.63, 3.8) is 0 Å². The molecule has 0 aliphatic rings. The van der Waals surface area contributed by atoms with Crippen LogP contribution in [0.4, 0.5) is 0 Å². The van der Waals surface area contributed by atoms with Crippen LogP contribution in [-0.4, -0.2) is 104 Å². The molecule has 0 heterocycles. The number of carbonyl (C=O) groups excluding carboxylic acids is 4. The van der Waals surface area contributed by atoms with Crippen LogP contribution in [0.2, 0.25) is 0 Å². The lowest BCUT2D eigenvalue weighted by molar-refractivity contribution is -0.171. The van der Waals surface area contributed by atoms with Crippen LogP contribution in [0, 0.1) is 5.41 Å². The number of Topliss-reactive ketones (excluding diaryl/α,β-unsaturated/α-hetero) is 4. The second-order valence-electron chi connectivity index (χ2n) is 9.08. The van der Waals surface area contributed by atoms with Gasteiger partial charge in [-0.15, -0.1) is 0 Å². The Morgan fingerprint density at radius 3 is 1.31 bits per heavy atom. The molecule has 5 atom stereocenters. The summed E-state index contributed by atoms with van der Waals surface area (Å²) in [5.74, 6) is -12.4. The van der Waals surface area contributed by atoms with Crippen LogP contribution < -0.4 is 34.4 Å². The third-order valence-corrected chi connectivity index (χ3v) is 6.28. The maximum Gasteiger partial charge on any atom is 0.333 e. The van der Waals surface area contributed by atoms with E-state index in [0.717, 1.165) is 0 Å². The zero-order valence-corrected chi connectivity index (χ0v) is 21.3. The number of aliphatic hydroxyl groups excluding tert-OH is 1. The number of hydrogen-bond acceptors (Lipinski definition) is 14. The first kappa shape index (κ1) is 35.8. The van der Waals surface area contributed by atoms with Crippen LogP contribution in [0.3, 0.4) is 0 Å². The van der Waals surface area contributed by atoms with Gasteiger partial charge in [-0.05, 0) is 32.2 Å². The molecule has 0 rings (SSSR count). The Hall–Kier alpha value is -3.19. The molecule has 0 radical (unpaired) electrons. The number of carboxylic acid groups (broad SMARTS) is 3. The molecule has 39 heavy (non-hydrogen) atoms. The Kier molecular flexibility index (Phi) is 14.2. The molecule has 0 aliphatic carbocycles. The Balaban J connectivity index is 7.63. The molecule has 17 heteroatoms. The van der Waals surface area contributed by atoms with Gasteiger partial charge in [-0.1, -0.05) is 6.42 Å². The van der Waals surface area contributed by atoms with Crippen molar-refractivity contribution in [2.75, 3.05) is 13.2 Å². The molecular formula is C22H38N6O11. The highest BCUT2D eigenvalue weighted by atomic mass is 16.4. The van der Waals surface area contributed by atoms with Gasteiger partial charge in [-0.25, -0.2) is 4.79 Å². The smallest absolute Gasteiger partial charge is 0.333 e. The van der Waals surface area contributed by atoms with Crippen molar-refractivity contribution in [1.29, 1.82) is 0 Å². The molecule has 0 aromatic heterocycles. The normalized spacial score (nSPS) is 17.5. The molecule has 0 aliphatic heterocycles. The molecule has 0 saturated heterocycles. The van der Waals surface area contributed by atoms with Gasteiger partial charge in [0, 0.05) is 12.8 Å². The van der Waals surface area contributed by atoms with Gasteiger partial charge >= 0.3 is 17.9 Å². The highest BCUT2D eigenvalue weighted by Gasteiger charge is 2.73. The van der Waals surface area contributed by atoms with Gasteiger partial charge in [0.25, 0.3) is 0 Å². The number of ketones is 4. The number of carboxylic acids is 3. The number of hydrogen-bond donors (Lipinski definition) is 10. The molecule has 222 valence electrons. The highest BCUT2D eigenvalue weighted by molar-refractivity contribution is 6.36. The summed E-state index contributed by atoms with van der Waals surface area (Å²) in [6.45, 7) is -1.07. The molecular weight excluding hydrogens is 524 g/mol. The minimum atomic E-state index is -3.84. The van der Waals surface area contributed by atoms with Gasteiger partial charge in [0.2, 0.25) is 5.54 Å².